The Morgan fingerprint density at radius 3 is 2.75 bits per heavy atom. The van der Waals surface area contributed by atoms with E-state index in [9.17, 15) is 4.79 Å². The molecule has 108 valence electrons. The summed E-state index contributed by atoms with van der Waals surface area (Å²) < 4.78 is 0. The zero-order chi connectivity index (χ0) is 15.0. The van der Waals surface area contributed by atoms with Gasteiger partial charge in [-0.25, -0.2) is 0 Å². The van der Waals surface area contributed by atoms with Crippen molar-refractivity contribution in [2.75, 3.05) is 20.2 Å². The lowest BCUT2D eigenvalue weighted by molar-refractivity contribution is 0.0792. The topological polar surface area (TPSA) is 40.5 Å². The van der Waals surface area contributed by atoms with Crippen LogP contribution >= 0.6 is 11.6 Å². The van der Waals surface area contributed by atoms with Crippen LogP contribution in [0.4, 0.5) is 0 Å². The van der Waals surface area contributed by atoms with Gasteiger partial charge in [0.15, 0.2) is 0 Å². The van der Waals surface area contributed by atoms with Gasteiger partial charge in [0.2, 0.25) is 0 Å². The van der Waals surface area contributed by atoms with Crippen molar-refractivity contribution in [1.82, 2.24) is 4.90 Å². The summed E-state index contributed by atoms with van der Waals surface area (Å²) in [6.45, 7) is 2.67. The van der Waals surface area contributed by atoms with Crippen LogP contribution in [0.5, 0.6) is 0 Å². The fraction of sp³-hybridized carbons (Fsp3) is 0.438. The summed E-state index contributed by atoms with van der Waals surface area (Å²) in [6.07, 6.45) is 3.26. The molecule has 0 aromatic heterocycles. The number of benzene rings is 1. The summed E-state index contributed by atoms with van der Waals surface area (Å²) in [5, 5.41) is 9.09. The van der Waals surface area contributed by atoms with Crippen molar-refractivity contribution in [2.24, 2.45) is 0 Å². The molecular formula is C16H20ClNO2. The van der Waals surface area contributed by atoms with Gasteiger partial charge in [0.25, 0.3) is 5.91 Å². The Labute approximate surface area is 125 Å². The van der Waals surface area contributed by atoms with Gasteiger partial charge in [-0.3, -0.25) is 4.79 Å². The number of rotatable bonds is 5. The second-order valence-electron chi connectivity index (χ2n) is 4.59. The molecule has 0 aliphatic heterocycles. The van der Waals surface area contributed by atoms with Crippen LogP contribution in [0.2, 0.25) is 5.02 Å². The number of unbranched alkanes of at least 4 members (excludes halogenated alkanes) is 2. The van der Waals surface area contributed by atoms with Crippen molar-refractivity contribution in [3.63, 3.8) is 0 Å². The van der Waals surface area contributed by atoms with Crippen molar-refractivity contribution in [2.45, 2.75) is 26.2 Å². The first-order chi connectivity index (χ1) is 9.60. The number of hydrogen-bond donors (Lipinski definition) is 1. The highest BCUT2D eigenvalue weighted by atomic mass is 35.5. The maximum absolute atomic E-state index is 12.2. The lowest BCUT2D eigenvalue weighted by atomic mass is 10.1. The van der Waals surface area contributed by atoms with Gasteiger partial charge in [0.05, 0.1) is 5.02 Å². The van der Waals surface area contributed by atoms with Gasteiger partial charge in [-0.1, -0.05) is 43.2 Å². The first kappa shape index (κ1) is 16.6. The molecule has 0 unspecified atom stereocenters. The fourth-order valence-corrected chi connectivity index (χ4v) is 2.03. The lowest BCUT2D eigenvalue weighted by Crippen LogP contribution is -2.27. The van der Waals surface area contributed by atoms with Crippen LogP contribution in [0, 0.1) is 11.8 Å². The lowest BCUT2D eigenvalue weighted by Gasteiger charge is -2.17. The molecule has 0 spiro atoms. The summed E-state index contributed by atoms with van der Waals surface area (Å²) in [5.41, 5.74) is 1.18. The maximum atomic E-state index is 12.2. The highest BCUT2D eigenvalue weighted by molar-refractivity contribution is 6.32. The third-order valence-corrected chi connectivity index (χ3v) is 3.27. The van der Waals surface area contributed by atoms with E-state index in [1.54, 1.807) is 30.1 Å². The molecule has 0 bridgehead atoms. The van der Waals surface area contributed by atoms with E-state index < -0.39 is 0 Å². The van der Waals surface area contributed by atoms with Crippen molar-refractivity contribution in [1.29, 1.82) is 0 Å². The molecule has 0 heterocycles. The number of hydrogen-bond acceptors (Lipinski definition) is 2. The summed E-state index contributed by atoms with van der Waals surface area (Å²) >= 11 is 6.09. The molecule has 20 heavy (non-hydrogen) atoms. The van der Waals surface area contributed by atoms with Crippen LogP contribution in [0.3, 0.4) is 0 Å². The summed E-state index contributed by atoms with van der Waals surface area (Å²) in [6, 6.07) is 5.05. The van der Waals surface area contributed by atoms with Gasteiger partial charge in [0.1, 0.15) is 6.61 Å². The Hall–Kier alpha value is -1.50. The Kier molecular flexibility index (Phi) is 7.14. The third-order valence-electron chi connectivity index (χ3n) is 2.96. The molecule has 4 heteroatoms. The smallest absolute Gasteiger partial charge is 0.253 e. The minimum atomic E-state index is -0.211. The normalized spacial score (nSPS) is 9.80. The van der Waals surface area contributed by atoms with Gasteiger partial charge in [-0.05, 0) is 24.6 Å². The molecule has 0 aliphatic rings. The van der Waals surface area contributed by atoms with Gasteiger partial charge in [-0.15, -0.1) is 0 Å². The van der Waals surface area contributed by atoms with Crippen molar-refractivity contribution >= 4 is 17.5 Å². The number of halogens is 1. The molecule has 0 atom stereocenters. The average Bonchev–Trinajstić information content (AvgIpc) is 2.45. The minimum absolute atomic E-state index is 0.0373. The molecule has 0 saturated heterocycles. The number of aliphatic hydroxyl groups is 1. The van der Waals surface area contributed by atoms with E-state index in [0.717, 1.165) is 25.8 Å². The molecule has 0 fully saturated rings. The Morgan fingerprint density at radius 2 is 2.15 bits per heavy atom. The minimum Gasteiger partial charge on any atom is -0.384 e. The second kappa shape index (κ2) is 8.63. The second-order valence-corrected chi connectivity index (χ2v) is 5.00. The third kappa shape index (κ3) is 4.88. The standard InChI is InChI=1S/C16H20ClNO2/c1-3-4-5-10-18(2)16(20)14-9-8-13(7-6-11-19)15(17)12-14/h8-9,12,19H,3-5,10-11H2,1-2H3. The Bertz CT molecular complexity index is 517. The molecule has 3 nitrogen and oxygen atoms in total. The number of nitrogens with zero attached hydrogens (tertiary/aromatic N) is 1. The molecule has 0 saturated carbocycles. The predicted molar refractivity (Wildman–Crippen MR) is 81.9 cm³/mol. The number of carbonyl (C=O) groups is 1. The van der Waals surface area contributed by atoms with Crippen LogP contribution < -0.4 is 0 Å². The van der Waals surface area contributed by atoms with Crippen LogP contribution in [-0.4, -0.2) is 36.1 Å². The quantitative estimate of drug-likeness (QED) is 0.670. The summed E-state index contributed by atoms with van der Waals surface area (Å²) in [5.74, 6) is 5.24. The average molecular weight is 294 g/mol. The van der Waals surface area contributed by atoms with Crippen LogP contribution in [0.25, 0.3) is 0 Å². The van der Waals surface area contributed by atoms with E-state index in [1.807, 2.05) is 0 Å². The monoisotopic (exact) mass is 293 g/mol. The van der Waals surface area contributed by atoms with E-state index in [4.69, 9.17) is 16.7 Å². The van der Waals surface area contributed by atoms with E-state index in [0.29, 0.717) is 16.1 Å². The summed E-state index contributed by atoms with van der Waals surface area (Å²) in [7, 11) is 1.80. The highest BCUT2D eigenvalue weighted by Gasteiger charge is 2.12. The van der Waals surface area contributed by atoms with Crippen molar-refractivity contribution in [3.05, 3.63) is 34.3 Å². The number of carbonyl (C=O) groups excluding carboxylic acids is 1. The van der Waals surface area contributed by atoms with Crippen LogP contribution in [-0.2, 0) is 0 Å². The molecule has 0 radical (unpaired) electrons. The number of amides is 1. The number of aliphatic hydroxyl groups excluding tert-OH is 1. The van der Waals surface area contributed by atoms with Gasteiger partial charge < -0.3 is 10.0 Å². The Morgan fingerprint density at radius 1 is 1.40 bits per heavy atom. The SMILES string of the molecule is CCCCCN(C)C(=O)c1ccc(C#CCO)c(Cl)c1. The maximum Gasteiger partial charge on any atom is 0.253 e. The molecule has 1 N–H and O–H groups in total. The van der Waals surface area contributed by atoms with E-state index >= 15 is 0 Å². The fourth-order valence-electron chi connectivity index (χ4n) is 1.81. The molecule has 0 aliphatic carbocycles. The first-order valence-electron chi connectivity index (χ1n) is 6.75. The van der Waals surface area contributed by atoms with E-state index in [-0.39, 0.29) is 12.5 Å². The molecule has 1 aromatic rings. The van der Waals surface area contributed by atoms with Crippen molar-refractivity contribution < 1.29 is 9.90 Å². The first-order valence-corrected chi connectivity index (χ1v) is 7.12. The van der Waals surface area contributed by atoms with Crippen LogP contribution in [0.1, 0.15) is 42.1 Å². The Balaban J connectivity index is 2.76. The summed E-state index contributed by atoms with van der Waals surface area (Å²) in [4.78, 5) is 13.9. The van der Waals surface area contributed by atoms with Gasteiger partial charge in [0, 0.05) is 24.7 Å². The zero-order valence-electron chi connectivity index (χ0n) is 11.9. The highest BCUT2D eigenvalue weighted by Crippen LogP contribution is 2.18. The van der Waals surface area contributed by atoms with Crippen LogP contribution in [0.15, 0.2) is 18.2 Å². The predicted octanol–water partition coefficient (Wildman–Crippen LogP) is 2.95. The van der Waals surface area contributed by atoms with E-state index in [1.165, 1.54) is 0 Å². The zero-order valence-corrected chi connectivity index (χ0v) is 12.7. The molecule has 1 amide bonds. The van der Waals surface area contributed by atoms with E-state index in [2.05, 4.69) is 18.8 Å². The molecule has 1 rings (SSSR count). The molecular weight excluding hydrogens is 274 g/mol. The molecule has 1 aromatic carbocycles. The van der Waals surface area contributed by atoms with Gasteiger partial charge >= 0.3 is 0 Å². The van der Waals surface area contributed by atoms with Crippen molar-refractivity contribution in [3.8, 4) is 11.8 Å². The largest absolute Gasteiger partial charge is 0.384 e. The van der Waals surface area contributed by atoms with Gasteiger partial charge in [-0.2, -0.15) is 0 Å².